The zero-order chi connectivity index (χ0) is 15.1. The molecule has 1 rings (SSSR count). The Bertz CT molecular complexity index is 488. The average molecular weight is 280 g/mol. The number of benzene rings is 1. The number of nitrogen functional groups attached to an aromatic ring is 1. The Labute approximate surface area is 118 Å². The fourth-order valence-corrected chi connectivity index (χ4v) is 1.53. The van der Waals surface area contributed by atoms with E-state index < -0.39 is 12.1 Å². The summed E-state index contributed by atoms with van der Waals surface area (Å²) in [5.74, 6) is -0.481. The Morgan fingerprint density at radius 3 is 2.65 bits per heavy atom. The number of carbonyl (C=O) groups excluding carboxylic acids is 2. The Morgan fingerprint density at radius 2 is 2.05 bits per heavy atom. The van der Waals surface area contributed by atoms with Crippen LogP contribution in [0.1, 0.15) is 30.6 Å². The molecule has 1 aromatic carbocycles. The van der Waals surface area contributed by atoms with Gasteiger partial charge in [0.05, 0.1) is 12.7 Å². The standard InChI is InChI=1S/C14H20N2O4/c1-4-5-16-13(17)9(2)20-14(18)10-6-11(15)8-12(7-10)19-3/h6-9H,4-5,15H2,1-3H3,(H,16,17). The lowest BCUT2D eigenvalue weighted by atomic mass is 10.2. The molecule has 0 aliphatic heterocycles. The SMILES string of the molecule is CCCNC(=O)C(C)OC(=O)c1cc(N)cc(OC)c1. The summed E-state index contributed by atoms with van der Waals surface area (Å²) in [6.07, 6.45) is -0.0415. The Morgan fingerprint density at radius 1 is 1.35 bits per heavy atom. The molecule has 0 bridgehead atoms. The average Bonchev–Trinajstić information content (AvgIpc) is 2.43. The van der Waals surface area contributed by atoms with Crippen molar-refractivity contribution in [2.45, 2.75) is 26.4 Å². The Kier molecular flexibility index (Phi) is 5.83. The molecular formula is C14H20N2O4. The van der Waals surface area contributed by atoms with E-state index in [2.05, 4.69) is 5.32 Å². The molecule has 0 fully saturated rings. The molecule has 0 aliphatic carbocycles. The van der Waals surface area contributed by atoms with E-state index >= 15 is 0 Å². The molecule has 1 aromatic rings. The first-order chi connectivity index (χ1) is 9.47. The van der Waals surface area contributed by atoms with Crippen LogP contribution in [0, 0.1) is 0 Å². The van der Waals surface area contributed by atoms with Crippen LogP contribution in [0.25, 0.3) is 0 Å². The molecule has 1 atom stereocenters. The van der Waals surface area contributed by atoms with Crippen LogP contribution in [0.2, 0.25) is 0 Å². The highest BCUT2D eigenvalue weighted by Gasteiger charge is 2.19. The highest BCUT2D eigenvalue weighted by Crippen LogP contribution is 2.19. The number of nitrogens with two attached hydrogens (primary N) is 1. The zero-order valence-corrected chi connectivity index (χ0v) is 11.9. The van der Waals surface area contributed by atoms with Crippen molar-refractivity contribution in [2.75, 3.05) is 19.4 Å². The molecule has 0 radical (unpaired) electrons. The van der Waals surface area contributed by atoms with Gasteiger partial charge in [-0.25, -0.2) is 4.79 Å². The van der Waals surface area contributed by atoms with Crippen LogP contribution in [-0.2, 0) is 9.53 Å². The molecule has 0 spiro atoms. The quantitative estimate of drug-likeness (QED) is 0.606. The van der Waals surface area contributed by atoms with Crippen LogP contribution < -0.4 is 15.8 Å². The van der Waals surface area contributed by atoms with Gasteiger partial charge in [0.2, 0.25) is 0 Å². The number of esters is 1. The maximum absolute atomic E-state index is 11.9. The number of carbonyl (C=O) groups is 2. The van der Waals surface area contributed by atoms with E-state index in [9.17, 15) is 9.59 Å². The summed E-state index contributed by atoms with van der Waals surface area (Å²) in [5.41, 5.74) is 6.30. The predicted molar refractivity (Wildman–Crippen MR) is 75.6 cm³/mol. The summed E-state index contributed by atoms with van der Waals surface area (Å²) >= 11 is 0. The van der Waals surface area contributed by atoms with Crippen molar-refractivity contribution in [1.29, 1.82) is 0 Å². The maximum atomic E-state index is 11.9. The molecule has 1 amide bonds. The topological polar surface area (TPSA) is 90.7 Å². The van der Waals surface area contributed by atoms with E-state index in [-0.39, 0.29) is 11.5 Å². The first-order valence-corrected chi connectivity index (χ1v) is 6.41. The second-order valence-corrected chi connectivity index (χ2v) is 4.33. The Hall–Kier alpha value is -2.24. The molecule has 20 heavy (non-hydrogen) atoms. The van der Waals surface area contributed by atoms with Gasteiger partial charge in [-0.3, -0.25) is 4.79 Å². The van der Waals surface area contributed by atoms with E-state index in [1.807, 2.05) is 6.92 Å². The largest absolute Gasteiger partial charge is 0.497 e. The molecule has 0 saturated carbocycles. The van der Waals surface area contributed by atoms with Crippen molar-refractivity contribution in [3.05, 3.63) is 23.8 Å². The van der Waals surface area contributed by atoms with Crippen molar-refractivity contribution in [3.8, 4) is 5.75 Å². The van der Waals surface area contributed by atoms with Gasteiger partial charge in [0, 0.05) is 18.3 Å². The summed E-state index contributed by atoms with van der Waals surface area (Å²) < 4.78 is 10.1. The molecule has 0 aromatic heterocycles. The van der Waals surface area contributed by atoms with Crippen LogP contribution in [0.4, 0.5) is 5.69 Å². The van der Waals surface area contributed by atoms with Crippen LogP contribution in [0.3, 0.4) is 0 Å². The second kappa shape index (κ2) is 7.37. The number of anilines is 1. The number of hydrogen-bond donors (Lipinski definition) is 2. The van der Waals surface area contributed by atoms with Crippen LogP contribution in [0.15, 0.2) is 18.2 Å². The highest BCUT2D eigenvalue weighted by atomic mass is 16.5. The summed E-state index contributed by atoms with van der Waals surface area (Å²) in [7, 11) is 1.48. The van der Waals surface area contributed by atoms with Gasteiger partial charge in [-0.1, -0.05) is 6.92 Å². The minimum Gasteiger partial charge on any atom is -0.497 e. The van der Waals surface area contributed by atoms with Crippen LogP contribution in [-0.4, -0.2) is 31.6 Å². The van der Waals surface area contributed by atoms with Gasteiger partial charge in [0.15, 0.2) is 6.10 Å². The van der Waals surface area contributed by atoms with Crippen molar-refractivity contribution in [2.24, 2.45) is 0 Å². The van der Waals surface area contributed by atoms with E-state index in [1.54, 1.807) is 6.07 Å². The van der Waals surface area contributed by atoms with Crippen molar-refractivity contribution in [1.82, 2.24) is 5.32 Å². The van der Waals surface area contributed by atoms with Gasteiger partial charge in [-0.05, 0) is 25.5 Å². The molecule has 1 unspecified atom stereocenters. The van der Waals surface area contributed by atoms with Crippen LogP contribution >= 0.6 is 0 Å². The lowest BCUT2D eigenvalue weighted by Crippen LogP contribution is -2.36. The molecule has 0 heterocycles. The van der Waals surface area contributed by atoms with Gasteiger partial charge < -0.3 is 20.5 Å². The van der Waals surface area contributed by atoms with Gasteiger partial charge in [-0.2, -0.15) is 0 Å². The summed E-state index contributed by atoms with van der Waals surface area (Å²) in [6, 6.07) is 4.57. The van der Waals surface area contributed by atoms with Gasteiger partial charge in [0.1, 0.15) is 5.75 Å². The van der Waals surface area contributed by atoms with E-state index in [0.29, 0.717) is 18.0 Å². The highest BCUT2D eigenvalue weighted by molar-refractivity contribution is 5.93. The summed E-state index contributed by atoms with van der Waals surface area (Å²) in [5, 5.41) is 2.66. The number of amides is 1. The summed E-state index contributed by atoms with van der Waals surface area (Å²) in [4.78, 5) is 23.6. The monoisotopic (exact) mass is 280 g/mol. The molecule has 0 aliphatic rings. The first-order valence-electron chi connectivity index (χ1n) is 6.41. The number of hydrogen-bond acceptors (Lipinski definition) is 5. The molecule has 110 valence electrons. The third kappa shape index (κ3) is 4.46. The lowest BCUT2D eigenvalue weighted by molar-refractivity contribution is -0.129. The molecule has 0 saturated heterocycles. The van der Waals surface area contributed by atoms with Crippen molar-refractivity contribution < 1.29 is 19.1 Å². The smallest absolute Gasteiger partial charge is 0.339 e. The fraction of sp³-hybridized carbons (Fsp3) is 0.429. The second-order valence-electron chi connectivity index (χ2n) is 4.33. The summed E-state index contributed by atoms with van der Waals surface area (Å²) in [6.45, 7) is 4.01. The molecule has 3 N–H and O–H groups in total. The van der Waals surface area contributed by atoms with Crippen molar-refractivity contribution >= 4 is 17.6 Å². The molecular weight excluding hydrogens is 260 g/mol. The maximum Gasteiger partial charge on any atom is 0.339 e. The third-order valence-corrected chi connectivity index (χ3v) is 2.60. The molecule has 6 nitrogen and oxygen atoms in total. The van der Waals surface area contributed by atoms with E-state index in [4.69, 9.17) is 15.2 Å². The zero-order valence-electron chi connectivity index (χ0n) is 11.9. The van der Waals surface area contributed by atoms with E-state index in [0.717, 1.165) is 6.42 Å². The fourth-order valence-electron chi connectivity index (χ4n) is 1.53. The minimum atomic E-state index is -0.860. The minimum absolute atomic E-state index is 0.247. The van der Waals surface area contributed by atoms with Gasteiger partial charge in [-0.15, -0.1) is 0 Å². The van der Waals surface area contributed by atoms with E-state index in [1.165, 1.54) is 26.2 Å². The normalized spacial score (nSPS) is 11.6. The van der Waals surface area contributed by atoms with Gasteiger partial charge in [0.25, 0.3) is 5.91 Å². The predicted octanol–water partition coefficient (Wildman–Crippen LogP) is 1.35. The lowest BCUT2D eigenvalue weighted by Gasteiger charge is -2.13. The molecule has 6 heteroatoms. The number of rotatable bonds is 6. The first kappa shape index (κ1) is 15.8. The third-order valence-electron chi connectivity index (χ3n) is 2.60. The number of ether oxygens (including phenoxy) is 2. The number of nitrogens with one attached hydrogen (secondary N) is 1. The van der Waals surface area contributed by atoms with Crippen LogP contribution in [0.5, 0.6) is 5.75 Å². The Balaban J connectivity index is 2.71. The number of methoxy groups -OCH3 is 1. The van der Waals surface area contributed by atoms with Crippen molar-refractivity contribution in [3.63, 3.8) is 0 Å². The van der Waals surface area contributed by atoms with Gasteiger partial charge >= 0.3 is 5.97 Å².